The fraction of sp³-hybridized carbons (Fsp3) is 0.500. The molecule has 0 aliphatic heterocycles. The van der Waals surface area contributed by atoms with Crippen molar-refractivity contribution in [3.8, 4) is 5.75 Å². The largest absolute Gasteiger partial charge is 0.496 e. The topological polar surface area (TPSA) is 46.5 Å². The molecule has 1 aromatic carbocycles. The molecule has 1 unspecified atom stereocenters. The van der Waals surface area contributed by atoms with Gasteiger partial charge in [0.2, 0.25) is 0 Å². The van der Waals surface area contributed by atoms with E-state index in [1.54, 1.807) is 14.0 Å². The van der Waals surface area contributed by atoms with Gasteiger partial charge in [0, 0.05) is 0 Å². The minimum absolute atomic E-state index is 0.0601. The third-order valence-electron chi connectivity index (χ3n) is 3.51. The first-order valence-corrected chi connectivity index (χ1v) is 5.77. The normalized spacial score (nSPS) is 14.4. The van der Waals surface area contributed by atoms with Crippen molar-refractivity contribution < 1.29 is 14.6 Å². The Balaban J connectivity index is 3.06. The summed E-state index contributed by atoms with van der Waals surface area (Å²) in [4.78, 5) is 11.4. The molecule has 0 aliphatic carbocycles. The number of hydrogen-bond acceptors (Lipinski definition) is 2. The highest BCUT2D eigenvalue weighted by Crippen LogP contribution is 2.34. The average Bonchev–Trinajstić information content (AvgIpc) is 2.29. The standard InChI is InChI=1S/C14H20O3/c1-10(2)14(3,13(15)16)9-11-7-5-6-8-12(11)17-4/h5-8,10H,9H2,1-4H3,(H,15,16). The minimum atomic E-state index is -0.769. The molecule has 1 atom stereocenters. The zero-order valence-electron chi connectivity index (χ0n) is 10.9. The van der Waals surface area contributed by atoms with Gasteiger partial charge in [0.1, 0.15) is 5.75 Å². The molecule has 0 saturated heterocycles. The summed E-state index contributed by atoms with van der Waals surface area (Å²) in [5, 5.41) is 9.39. The van der Waals surface area contributed by atoms with E-state index in [2.05, 4.69) is 0 Å². The number of hydrogen-bond donors (Lipinski definition) is 1. The Hall–Kier alpha value is -1.51. The third kappa shape index (κ3) is 2.78. The van der Waals surface area contributed by atoms with E-state index < -0.39 is 11.4 Å². The lowest BCUT2D eigenvalue weighted by atomic mass is 9.74. The van der Waals surface area contributed by atoms with Crippen molar-refractivity contribution in [1.29, 1.82) is 0 Å². The minimum Gasteiger partial charge on any atom is -0.496 e. The van der Waals surface area contributed by atoms with Crippen LogP contribution in [0, 0.1) is 11.3 Å². The van der Waals surface area contributed by atoms with Gasteiger partial charge in [-0.15, -0.1) is 0 Å². The summed E-state index contributed by atoms with van der Waals surface area (Å²) in [6, 6.07) is 7.57. The predicted molar refractivity (Wildman–Crippen MR) is 67.3 cm³/mol. The van der Waals surface area contributed by atoms with Crippen molar-refractivity contribution in [2.75, 3.05) is 7.11 Å². The molecule has 1 N–H and O–H groups in total. The molecule has 0 aliphatic rings. The highest BCUT2D eigenvalue weighted by molar-refractivity contribution is 5.75. The molecule has 3 heteroatoms. The highest BCUT2D eigenvalue weighted by Gasteiger charge is 2.37. The molecule has 0 fully saturated rings. The number of ether oxygens (including phenoxy) is 1. The summed E-state index contributed by atoms with van der Waals surface area (Å²) >= 11 is 0. The van der Waals surface area contributed by atoms with Crippen molar-refractivity contribution >= 4 is 5.97 Å². The molecule has 0 radical (unpaired) electrons. The maximum Gasteiger partial charge on any atom is 0.309 e. The van der Waals surface area contributed by atoms with Crippen LogP contribution in [0.4, 0.5) is 0 Å². The van der Waals surface area contributed by atoms with Gasteiger partial charge >= 0.3 is 5.97 Å². The first kappa shape index (κ1) is 13.6. The van der Waals surface area contributed by atoms with Gasteiger partial charge in [-0.25, -0.2) is 0 Å². The van der Waals surface area contributed by atoms with Crippen molar-refractivity contribution in [3.05, 3.63) is 29.8 Å². The lowest BCUT2D eigenvalue weighted by Crippen LogP contribution is -2.35. The van der Waals surface area contributed by atoms with Gasteiger partial charge in [0.15, 0.2) is 0 Å². The Labute approximate surface area is 102 Å². The Morgan fingerprint density at radius 3 is 2.47 bits per heavy atom. The van der Waals surface area contributed by atoms with Gasteiger partial charge in [-0.2, -0.15) is 0 Å². The summed E-state index contributed by atoms with van der Waals surface area (Å²) in [6.45, 7) is 5.65. The molecule has 0 amide bonds. The van der Waals surface area contributed by atoms with Gasteiger partial charge in [0.25, 0.3) is 0 Å². The second-order valence-corrected chi connectivity index (χ2v) is 4.87. The summed E-state index contributed by atoms with van der Waals surface area (Å²) in [5.41, 5.74) is 0.169. The molecule has 0 saturated carbocycles. The quantitative estimate of drug-likeness (QED) is 0.854. The van der Waals surface area contributed by atoms with Gasteiger partial charge in [-0.3, -0.25) is 4.79 Å². The SMILES string of the molecule is COc1ccccc1CC(C)(C(=O)O)C(C)C. The van der Waals surface area contributed by atoms with Crippen molar-refractivity contribution in [1.82, 2.24) is 0 Å². The van der Waals surface area contributed by atoms with Crippen LogP contribution in [0.5, 0.6) is 5.75 Å². The summed E-state index contributed by atoms with van der Waals surface area (Å²) in [5.74, 6) is 0.0453. The molecule has 0 heterocycles. The van der Waals surface area contributed by atoms with E-state index in [0.29, 0.717) is 6.42 Å². The maximum absolute atomic E-state index is 11.4. The van der Waals surface area contributed by atoms with E-state index in [-0.39, 0.29) is 5.92 Å². The van der Waals surface area contributed by atoms with Crippen LogP contribution in [0.1, 0.15) is 26.3 Å². The Morgan fingerprint density at radius 1 is 1.41 bits per heavy atom. The Kier molecular flexibility index (Phi) is 4.16. The molecule has 1 aromatic rings. The lowest BCUT2D eigenvalue weighted by molar-refractivity contribution is -0.150. The fourth-order valence-corrected chi connectivity index (χ4v) is 1.77. The van der Waals surface area contributed by atoms with Gasteiger partial charge in [0.05, 0.1) is 12.5 Å². The molecule has 0 spiro atoms. The van der Waals surface area contributed by atoms with Crippen molar-refractivity contribution in [2.24, 2.45) is 11.3 Å². The number of carboxylic acids is 1. The zero-order chi connectivity index (χ0) is 13.1. The first-order chi connectivity index (χ1) is 7.91. The zero-order valence-corrected chi connectivity index (χ0v) is 10.9. The number of rotatable bonds is 5. The van der Waals surface area contributed by atoms with E-state index in [9.17, 15) is 9.90 Å². The van der Waals surface area contributed by atoms with E-state index in [1.807, 2.05) is 38.1 Å². The van der Waals surface area contributed by atoms with E-state index in [4.69, 9.17) is 4.74 Å². The molecule has 94 valence electrons. The van der Waals surface area contributed by atoms with Crippen molar-refractivity contribution in [3.63, 3.8) is 0 Å². The molecule has 0 bridgehead atoms. The monoisotopic (exact) mass is 236 g/mol. The Bertz CT molecular complexity index is 398. The van der Waals surface area contributed by atoms with Gasteiger partial charge in [-0.05, 0) is 30.9 Å². The van der Waals surface area contributed by atoms with E-state index in [1.165, 1.54) is 0 Å². The number of aliphatic carboxylic acids is 1. The molecular weight excluding hydrogens is 216 g/mol. The third-order valence-corrected chi connectivity index (χ3v) is 3.51. The Morgan fingerprint density at radius 2 is 2.00 bits per heavy atom. The van der Waals surface area contributed by atoms with Crippen LogP contribution in [0.2, 0.25) is 0 Å². The number of carboxylic acid groups (broad SMARTS) is 1. The number of para-hydroxylation sites is 1. The van der Waals surface area contributed by atoms with E-state index in [0.717, 1.165) is 11.3 Å². The lowest BCUT2D eigenvalue weighted by Gasteiger charge is -2.29. The van der Waals surface area contributed by atoms with Crippen LogP contribution in [0.25, 0.3) is 0 Å². The number of carbonyl (C=O) groups is 1. The van der Waals surface area contributed by atoms with Crippen molar-refractivity contribution in [2.45, 2.75) is 27.2 Å². The second-order valence-electron chi connectivity index (χ2n) is 4.87. The van der Waals surface area contributed by atoms with Gasteiger partial charge < -0.3 is 9.84 Å². The van der Waals surface area contributed by atoms with Crippen LogP contribution < -0.4 is 4.74 Å². The summed E-state index contributed by atoms with van der Waals surface area (Å²) in [6.07, 6.45) is 0.476. The first-order valence-electron chi connectivity index (χ1n) is 5.77. The molecule has 17 heavy (non-hydrogen) atoms. The van der Waals surface area contributed by atoms with Crippen LogP contribution in [0.3, 0.4) is 0 Å². The number of methoxy groups -OCH3 is 1. The maximum atomic E-state index is 11.4. The fourth-order valence-electron chi connectivity index (χ4n) is 1.77. The summed E-state index contributed by atoms with van der Waals surface area (Å²) in [7, 11) is 1.60. The number of benzene rings is 1. The molecule has 3 nitrogen and oxygen atoms in total. The smallest absolute Gasteiger partial charge is 0.309 e. The van der Waals surface area contributed by atoms with Crippen LogP contribution in [0.15, 0.2) is 24.3 Å². The highest BCUT2D eigenvalue weighted by atomic mass is 16.5. The summed E-state index contributed by atoms with van der Waals surface area (Å²) < 4.78 is 5.26. The van der Waals surface area contributed by atoms with Crippen LogP contribution in [-0.2, 0) is 11.2 Å². The second kappa shape index (κ2) is 5.21. The predicted octanol–water partition coefficient (Wildman–Crippen LogP) is 2.98. The van der Waals surface area contributed by atoms with Crippen LogP contribution >= 0.6 is 0 Å². The molecule has 0 aromatic heterocycles. The average molecular weight is 236 g/mol. The van der Waals surface area contributed by atoms with E-state index >= 15 is 0 Å². The van der Waals surface area contributed by atoms with Gasteiger partial charge in [-0.1, -0.05) is 32.0 Å². The molecular formula is C14H20O3. The molecule has 1 rings (SSSR count). The van der Waals surface area contributed by atoms with Crippen LogP contribution in [-0.4, -0.2) is 18.2 Å².